The van der Waals surface area contributed by atoms with Crippen molar-refractivity contribution >= 4 is 33.3 Å². The number of sulfonamides is 1. The maximum atomic E-state index is 12.8. The molecule has 0 N–H and O–H groups in total. The lowest BCUT2D eigenvalue weighted by atomic mass is 10.1. The fourth-order valence-electron chi connectivity index (χ4n) is 3.90. The molecule has 2 saturated heterocycles. The Balaban J connectivity index is 1.35. The van der Waals surface area contributed by atoms with Crippen molar-refractivity contribution in [3.05, 3.63) is 47.0 Å². The van der Waals surface area contributed by atoms with Gasteiger partial charge in [-0.3, -0.25) is 0 Å². The molecule has 2 aromatic rings. The molecule has 0 atom stereocenters. The van der Waals surface area contributed by atoms with Gasteiger partial charge in [0.25, 0.3) is 0 Å². The van der Waals surface area contributed by atoms with Crippen molar-refractivity contribution in [3.63, 3.8) is 0 Å². The van der Waals surface area contributed by atoms with Crippen LogP contribution in [-0.2, 0) is 15.8 Å². The molecule has 156 valence electrons. The van der Waals surface area contributed by atoms with Gasteiger partial charge in [0.15, 0.2) is 11.6 Å². The Bertz CT molecular complexity index is 924. The van der Waals surface area contributed by atoms with Crippen molar-refractivity contribution in [1.29, 1.82) is 0 Å². The first-order chi connectivity index (χ1) is 14.0. The molecule has 0 amide bonds. The number of benzene rings is 1. The fraction of sp³-hybridized carbons (Fsp3) is 0.500. The van der Waals surface area contributed by atoms with E-state index >= 15 is 0 Å². The lowest BCUT2D eigenvalue weighted by molar-refractivity contribution is 0.383. The molecule has 2 aliphatic rings. The molecule has 3 heterocycles. The second kappa shape index (κ2) is 8.85. The van der Waals surface area contributed by atoms with Crippen molar-refractivity contribution in [2.45, 2.75) is 25.0 Å². The maximum Gasteiger partial charge on any atom is 0.218 e. The van der Waals surface area contributed by atoms with Gasteiger partial charge in [-0.2, -0.15) is 4.31 Å². The Hall–Kier alpha value is -1.90. The molecule has 0 bridgehead atoms. The SMILES string of the molecule is O=S(=O)(Cc1cccc(Cl)c1)N1CCN(c2ccc(N3CCCCC3)nn2)CC1. The number of piperazine rings is 1. The number of nitrogens with zero attached hydrogens (tertiary/aromatic N) is 5. The summed E-state index contributed by atoms with van der Waals surface area (Å²) in [4.78, 5) is 4.37. The maximum absolute atomic E-state index is 12.8. The highest BCUT2D eigenvalue weighted by atomic mass is 35.5. The van der Waals surface area contributed by atoms with Gasteiger partial charge in [0.2, 0.25) is 10.0 Å². The molecule has 0 spiro atoms. The van der Waals surface area contributed by atoms with Crippen LogP contribution in [0.3, 0.4) is 0 Å². The van der Waals surface area contributed by atoms with Crippen LogP contribution < -0.4 is 9.80 Å². The zero-order valence-corrected chi connectivity index (χ0v) is 17.9. The fourth-order valence-corrected chi connectivity index (χ4v) is 5.62. The first-order valence-electron chi connectivity index (χ1n) is 10.1. The smallest absolute Gasteiger partial charge is 0.218 e. The molecule has 1 aromatic heterocycles. The summed E-state index contributed by atoms with van der Waals surface area (Å²) in [7, 11) is -3.37. The molecule has 2 fully saturated rings. The van der Waals surface area contributed by atoms with Gasteiger partial charge < -0.3 is 9.80 Å². The molecule has 29 heavy (non-hydrogen) atoms. The van der Waals surface area contributed by atoms with Gasteiger partial charge in [-0.15, -0.1) is 10.2 Å². The van der Waals surface area contributed by atoms with Crippen LogP contribution in [0.2, 0.25) is 5.02 Å². The molecular weight excluding hydrogens is 410 g/mol. The normalized spacial score (nSPS) is 18.8. The number of hydrogen-bond donors (Lipinski definition) is 0. The van der Waals surface area contributed by atoms with Crippen molar-refractivity contribution in [3.8, 4) is 0 Å². The third kappa shape index (κ3) is 4.99. The standard InChI is InChI=1S/C20H26ClN5O2S/c21-18-6-4-5-17(15-18)16-29(27,28)26-13-11-25(12-14-26)20-8-7-19(22-23-20)24-9-2-1-3-10-24/h4-8,15H,1-3,9-14,16H2. The Kier molecular flexibility index (Phi) is 6.22. The predicted molar refractivity (Wildman–Crippen MR) is 116 cm³/mol. The van der Waals surface area contributed by atoms with Crippen LogP contribution in [0.1, 0.15) is 24.8 Å². The molecule has 0 radical (unpaired) electrons. The van der Waals surface area contributed by atoms with E-state index < -0.39 is 10.0 Å². The number of hydrogen-bond acceptors (Lipinski definition) is 6. The van der Waals surface area contributed by atoms with Gasteiger partial charge in [0, 0.05) is 44.3 Å². The van der Waals surface area contributed by atoms with Gasteiger partial charge in [-0.1, -0.05) is 23.7 Å². The van der Waals surface area contributed by atoms with Crippen molar-refractivity contribution in [1.82, 2.24) is 14.5 Å². The molecule has 2 aliphatic heterocycles. The molecule has 1 aromatic carbocycles. The first-order valence-corrected chi connectivity index (χ1v) is 12.1. The lowest BCUT2D eigenvalue weighted by Crippen LogP contribution is -2.49. The molecule has 9 heteroatoms. The Morgan fingerprint density at radius 1 is 0.828 bits per heavy atom. The minimum atomic E-state index is -3.37. The number of halogens is 1. The molecule has 0 aliphatic carbocycles. The van der Waals surface area contributed by atoms with E-state index in [1.54, 1.807) is 28.6 Å². The van der Waals surface area contributed by atoms with E-state index in [4.69, 9.17) is 11.6 Å². The first kappa shape index (κ1) is 20.4. The molecular formula is C20H26ClN5O2S. The summed E-state index contributed by atoms with van der Waals surface area (Å²) < 4.78 is 27.1. The van der Waals surface area contributed by atoms with Crippen LogP contribution in [0.5, 0.6) is 0 Å². The highest BCUT2D eigenvalue weighted by Gasteiger charge is 2.28. The monoisotopic (exact) mass is 435 g/mol. The van der Waals surface area contributed by atoms with Crippen LogP contribution in [0, 0.1) is 0 Å². The summed E-state index contributed by atoms with van der Waals surface area (Å²) in [6.07, 6.45) is 3.69. The van der Waals surface area contributed by atoms with E-state index in [1.165, 1.54) is 19.3 Å². The Morgan fingerprint density at radius 3 is 2.03 bits per heavy atom. The minimum Gasteiger partial charge on any atom is -0.355 e. The zero-order valence-electron chi connectivity index (χ0n) is 16.4. The Labute approximate surface area is 177 Å². The summed E-state index contributed by atoms with van der Waals surface area (Å²) in [5.74, 6) is 1.70. The summed E-state index contributed by atoms with van der Waals surface area (Å²) >= 11 is 5.98. The molecule has 0 saturated carbocycles. The van der Waals surface area contributed by atoms with Gasteiger partial charge in [-0.25, -0.2) is 8.42 Å². The van der Waals surface area contributed by atoms with E-state index in [2.05, 4.69) is 20.0 Å². The zero-order chi connectivity index (χ0) is 20.3. The average molecular weight is 436 g/mol. The number of rotatable bonds is 5. The summed E-state index contributed by atoms with van der Waals surface area (Å²) in [5, 5.41) is 9.34. The van der Waals surface area contributed by atoms with E-state index in [9.17, 15) is 8.42 Å². The number of piperidine rings is 1. The van der Waals surface area contributed by atoms with Crippen molar-refractivity contribution in [2.24, 2.45) is 0 Å². The highest BCUT2D eigenvalue weighted by molar-refractivity contribution is 7.88. The van der Waals surface area contributed by atoms with Crippen LogP contribution in [0.15, 0.2) is 36.4 Å². The van der Waals surface area contributed by atoms with E-state index in [1.807, 2.05) is 12.1 Å². The van der Waals surface area contributed by atoms with Crippen LogP contribution in [0.25, 0.3) is 0 Å². The topological polar surface area (TPSA) is 69.6 Å². The lowest BCUT2D eigenvalue weighted by Gasteiger charge is -2.34. The quantitative estimate of drug-likeness (QED) is 0.719. The minimum absolute atomic E-state index is 0.0299. The van der Waals surface area contributed by atoms with Gasteiger partial charge in [0.05, 0.1) is 5.75 Å². The average Bonchev–Trinajstić information content (AvgIpc) is 2.74. The largest absolute Gasteiger partial charge is 0.355 e. The van der Waals surface area contributed by atoms with Gasteiger partial charge >= 0.3 is 0 Å². The third-order valence-electron chi connectivity index (χ3n) is 5.51. The van der Waals surface area contributed by atoms with E-state index in [0.717, 1.165) is 24.7 Å². The number of anilines is 2. The van der Waals surface area contributed by atoms with Crippen LogP contribution in [-0.4, -0.2) is 62.2 Å². The summed E-state index contributed by atoms with van der Waals surface area (Å²) in [5.41, 5.74) is 0.707. The summed E-state index contributed by atoms with van der Waals surface area (Å²) in [6.45, 7) is 4.17. The second-order valence-corrected chi connectivity index (χ2v) is 9.98. The van der Waals surface area contributed by atoms with Gasteiger partial charge in [-0.05, 0) is 49.1 Å². The third-order valence-corrected chi connectivity index (χ3v) is 7.60. The Morgan fingerprint density at radius 2 is 1.45 bits per heavy atom. The highest BCUT2D eigenvalue weighted by Crippen LogP contribution is 2.21. The second-order valence-electron chi connectivity index (χ2n) is 7.57. The molecule has 7 nitrogen and oxygen atoms in total. The van der Waals surface area contributed by atoms with Gasteiger partial charge in [0.1, 0.15) is 0 Å². The van der Waals surface area contributed by atoms with Crippen molar-refractivity contribution in [2.75, 3.05) is 49.1 Å². The molecule has 4 rings (SSSR count). The van der Waals surface area contributed by atoms with Crippen LogP contribution >= 0.6 is 11.6 Å². The van der Waals surface area contributed by atoms with Crippen LogP contribution in [0.4, 0.5) is 11.6 Å². The van der Waals surface area contributed by atoms with Crippen molar-refractivity contribution < 1.29 is 8.42 Å². The van der Waals surface area contributed by atoms with E-state index in [-0.39, 0.29) is 5.75 Å². The van der Waals surface area contributed by atoms with E-state index in [0.29, 0.717) is 36.8 Å². The predicted octanol–water partition coefficient (Wildman–Crippen LogP) is 2.77. The molecule has 0 unspecified atom stereocenters. The summed E-state index contributed by atoms with van der Waals surface area (Å²) in [6, 6.07) is 11.0. The number of aromatic nitrogens is 2.